The smallest absolute Gasteiger partial charge is 0.338 e. The molecule has 3 aromatic rings. The topological polar surface area (TPSA) is 69.9 Å². The van der Waals surface area contributed by atoms with Crippen LogP contribution in [0.4, 0.5) is 0 Å². The Morgan fingerprint density at radius 2 is 1.97 bits per heavy atom. The summed E-state index contributed by atoms with van der Waals surface area (Å²) in [6, 6.07) is 14.2. The molecule has 2 aliphatic rings. The van der Waals surface area contributed by atoms with Crippen LogP contribution in [-0.4, -0.2) is 23.2 Å². The van der Waals surface area contributed by atoms with Crippen LogP contribution in [0, 0.1) is 0 Å². The van der Waals surface area contributed by atoms with E-state index in [1.54, 1.807) is 30.5 Å². The number of nitrogens with zero attached hydrogens (tertiary/aromatic N) is 2. The van der Waals surface area contributed by atoms with Gasteiger partial charge in [0, 0.05) is 10.6 Å². The van der Waals surface area contributed by atoms with Gasteiger partial charge in [-0.1, -0.05) is 53.3 Å². The lowest BCUT2D eigenvalue weighted by Gasteiger charge is -2.24. The molecular formula is C27H23ClN2O4S. The molecule has 2 atom stereocenters. The summed E-state index contributed by atoms with van der Waals surface area (Å²) < 4.78 is 13.5. The number of carbonyl (C=O) groups is 1. The van der Waals surface area contributed by atoms with E-state index in [0.717, 1.165) is 22.4 Å². The van der Waals surface area contributed by atoms with Crippen molar-refractivity contribution in [3.05, 3.63) is 101 Å². The van der Waals surface area contributed by atoms with Crippen molar-refractivity contribution in [3.8, 4) is 5.75 Å². The third-order valence-corrected chi connectivity index (χ3v) is 7.25. The van der Waals surface area contributed by atoms with Gasteiger partial charge in [0.1, 0.15) is 11.9 Å². The molecule has 0 amide bonds. The average Bonchev–Trinajstić information content (AvgIpc) is 3.13. The molecule has 1 aromatic heterocycles. The molecule has 2 aromatic carbocycles. The first-order valence-corrected chi connectivity index (χ1v) is 12.5. The lowest BCUT2D eigenvalue weighted by atomic mass is 9.96. The number of ether oxygens (including phenoxy) is 2. The minimum atomic E-state index is -0.667. The molecule has 0 radical (unpaired) electrons. The molecule has 0 fully saturated rings. The summed E-state index contributed by atoms with van der Waals surface area (Å²) in [5.41, 5.74) is 3.24. The van der Waals surface area contributed by atoms with Crippen LogP contribution in [0.5, 0.6) is 5.75 Å². The van der Waals surface area contributed by atoms with Crippen molar-refractivity contribution in [1.82, 2.24) is 4.57 Å². The molecule has 178 valence electrons. The van der Waals surface area contributed by atoms with Crippen molar-refractivity contribution < 1.29 is 14.3 Å². The molecule has 2 aliphatic heterocycles. The third-order valence-electron chi connectivity index (χ3n) is 6.01. The molecule has 0 unspecified atom stereocenters. The summed E-state index contributed by atoms with van der Waals surface area (Å²) >= 11 is 7.40. The fraction of sp³-hybridized carbons (Fsp3) is 0.222. The zero-order valence-corrected chi connectivity index (χ0v) is 21.0. The summed E-state index contributed by atoms with van der Waals surface area (Å²) in [6.45, 7) is 5.69. The van der Waals surface area contributed by atoms with E-state index >= 15 is 0 Å². The maximum Gasteiger partial charge on any atom is 0.338 e. The number of rotatable bonds is 4. The summed E-state index contributed by atoms with van der Waals surface area (Å²) in [6.07, 6.45) is 3.67. The summed E-state index contributed by atoms with van der Waals surface area (Å²) in [4.78, 5) is 31.8. The molecule has 0 N–H and O–H groups in total. The predicted octanol–water partition coefficient (Wildman–Crippen LogP) is 4.27. The van der Waals surface area contributed by atoms with Crippen molar-refractivity contribution >= 4 is 41.1 Å². The second-order valence-corrected chi connectivity index (χ2v) is 9.74. The van der Waals surface area contributed by atoms with E-state index in [2.05, 4.69) is 4.99 Å². The number of benzene rings is 2. The average molecular weight is 507 g/mol. The van der Waals surface area contributed by atoms with Gasteiger partial charge in [-0.25, -0.2) is 9.79 Å². The number of allylic oxidation sites excluding steroid dienone is 1. The molecule has 35 heavy (non-hydrogen) atoms. The molecule has 6 nitrogen and oxygen atoms in total. The molecular weight excluding hydrogens is 484 g/mol. The van der Waals surface area contributed by atoms with Crippen molar-refractivity contribution in [2.24, 2.45) is 4.99 Å². The number of halogens is 1. The standard InChI is InChI=1S/C27H23ClN2O4S/c1-4-33-26(32)23-15(2)29-27-30(24(23)17-9-11-20(28)12-10-17)25(31)22(35-27)14-19-13-18-7-5-6-8-21(18)34-16(19)3/h5-14,16,24H,4H2,1-3H3/b22-14-/t16-,24+/m1/s1. The number of aromatic nitrogens is 1. The van der Waals surface area contributed by atoms with Gasteiger partial charge in [0.15, 0.2) is 4.80 Å². The van der Waals surface area contributed by atoms with Gasteiger partial charge in [0.2, 0.25) is 0 Å². The van der Waals surface area contributed by atoms with E-state index in [9.17, 15) is 9.59 Å². The number of hydrogen-bond donors (Lipinski definition) is 0. The number of para-hydroxylation sites is 1. The number of carbonyl (C=O) groups excluding carboxylic acids is 1. The lowest BCUT2D eigenvalue weighted by Crippen LogP contribution is -2.40. The zero-order chi connectivity index (χ0) is 24.7. The van der Waals surface area contributed by atoms with Gasteiger partial charge >= 0.3 is 5.97 Å². The van der Waals surface area contributed by atoms with Crippen molar-refractivity contribution in [2.45, 2.75) is 32.9 Å². The monoisotopic (exact) mass is 506 g/mol. The zero-order valence-electron chi connectivity index (χ0n) is 19.4. The first-order chi connectivity index (χ1) is 16.9. The van der Waals surface area contributed by atoms with Crippen LogP contribution >= 0.6 is 22.9 Å². The molecule has 0 aliphatic carbocycles. The van der Waals surface area contributed by atoms with Gasteiger partial charge < -0.3 is 9.47 Å². The lowest BCUT2D eigenvalue weighted by molar-refractivity contribution is -0.139. The normalized spacial score (nSPS) is 19.3. The fourth-order valence-electron chi connectivity index (χ4n) is 4.32. The van der Waals surface area contributed by atoms with Crippen molar-refractivity contribution in [1.29, 1.82) is 0 Å². The molecule has 3 heterocycles. The van der Waals surface area contributed by atoms with Gasteiger partial charge in [-0.2, -0.15) is 0 Å². The van der Waals surface area contributed by atoms with E-state index in [4.69, 9.17) is 21.1 Å². The second kappa shape index (κ2) is 9.32. The number of hydrogen-bond acceptors (Lipinski definition) is 6. The molecule has 0 saturated heterocycles. The van der Waals surface area contributed by atoms with E-state index < -0.39 is 12.0 Å². The highest BCUT2D eigenvalue weighted by Gasteiger charge is 2.33. The minimum absolute atomic E-state index is 0.215. The van der Waals surface area contributed by atoms with E-state index in [1.807, 2.05) is 55.5 Å². The molecule has 0 spiro atoms. The molecule has 0 saturated carbocycles. The van der Waals surface area contributed by atoms with E-state index in [0.29, 0.717) is 25.6 Å². The maximum absolute atomic E-state index is 13.7. The van der Waals surface area contributed by atoms with Gasteiger partial charge in [-0.05, 0) is 62.3 Å². The Morgan fingerprint density at radius 1 is 1.23 bits per heavy atom. The first kappa shape index (κ1) is 23.3. The highest BCUT2D eigenvalue weighted by atomic mass is 35.5. The second-order valence-electron chi connectivity index (χ2n) is 8.30. The number of fused-ring (bicyclic) bond motifs is 2. The van der Waals surface area contributed by atoms with Crippen LogP contribution in [0.3, 0.4) is 0 Å². The predicted molar refractivity (Wildman–Crippen MR) is 137 cm³/mol. The minimum Gasteiger partial charge on any atom is -0.485 e. The molecule has 5 rings (SSSR count). The Bertz CT molecular complexity index is 1560. The van der Waals surface area contributed by atoms with Crippen molar-refractivity contribution in [3.63, 3.8) is 0 Å². The van der Waals surface area contributed by atoms with E-state index in [1.165, 1.54) is 11.3 Å². The highest BCUT2D eigenvalue weighted by molar-refractivity contribution is 7.07. The quantitative estimate of drug-likeness (QED) is 0.496. The summed E-state index contributed by atoms with van der Waals surface area (Å²) in [7, 11) is 0. The van der Waals surface area contributed by atoms with Crippen LogP contribution < -0.4 is 19.6 Å². The third kappa shape index (κ3) is 4.26. The first-order valence-electron chi connectivity index (χ1n) is 11.3. The Labute approximate surface area is 211 Å². The summed E-state index contributed by atoms with van der Waals surface area (Å²) in [5.74, 6) is 0.327. The molecule has 8 heteroatoms. The fourth-order valence-corrected chi connectivity index (χ4v) is 5.50. The number of thiazole rings is 1. The highest BCUT2D eigenvalue weighted by Crippen LogP contribution is 2.32. The van der Waals surface area contributed by atoms with Crippen LogP contribution in [0.1, 0.15) is 37.9 Å². The van der Waals surface area contributed by atoms with Gasteiger partial charge in [0.25, 0.3) is 5.56 Å². The van der Waals surface area contributed by atoms with Gasteiger partial charge in [-0.3, -0.25) is 9.36 Å². The van der Waals surface area contributed by atoms with Gasteiger partial charge in [-0.15, -0.1) is 0 Å². The maximum atomic E-state index is 13.7. The Balaban J connectivity index is 1.69. The van der Waals surface area contributed by atoms with Crippen molar-refractivity contribution in [2.75, 3.05) is 6.61 Å². The van der Waals surface area contributed by atoms with E-state index in [-0.39, 0.29) is 18.3 Å². The number of esters is 1. The van der Waals surface area contributed by atoms with Crippen LogP contribution in [0.15, 0.2) is 75.2 Å². The Hall–Kier alpha value is -3.42. The Kier molecular flexibility index (Phi) is 6.21. The summed E-state index contributed by atoms with van der Waals surface area (Å²) in [5, 5.41) is 0.568. The van der Waals surface area contributed by atoms with Crippen LogP contribution in [0.2, 0.25) is 5.02 Å². The van der Waals surface area contributed by atoms with Gasteiger partial charge in [0.05, 0.1) is 28.5 Å². The SMILES string of the molecule is CCOC(=O)C1=C(C)N=c2s/c(=C\C3=Cc4ccccc4O[C@@H]3C)c(=O)n2[C@H]1c1ccc(Cl)cc1. The van der Waals surface area contributed by atoms with Crippen LogP contribution in [0.25, 0.3) is 12.2 Å². The largest absolute Gasteiger partial charge is 0.485 e. The molecule has 0 bridgehead atoms. The Morgan fingerprint density at radius 3 is 2.71 bits per heavy atom. The van der Waals surface area contributed by atoms with Crippen LogP contribution in [-0.2, 0) is 9.53 Å².